The second-order valence-electron chi connectivity index (χ2n) is 5.52. The van der Waals surface area contributed by atoms with E-state index in [4.69, 9.17) is 25.5 Å². The van der Waals surface area contributed by atoms with Gasteiger partial charge in [0.1, 0.15) is 11.3 Å². The summed E-state index contributed by atoms with van der Waals surface area (Å²) in [5.74, 6) is -0.506. The molecule has 3 rings (SSSR count). The number of amides is 1. The van der Waals surface area contributed by atoms with Crippen LogP contribution >= 0.6 is 11.6 Å². The Labute approximate surface area is 154 Å². The Kier molecular flexibility index (Phi) is 5.14. The summed E-state index contributed by atoms with van der Waals surface area (Å²) in [7, 11) is 1.56. The quantitative estimate of drug-likeness (QED) is 0.678. The summed E-state index contributed by atoms with van der Waals surface area (Å²) in [6.07, 6.45) is 0. The lowest BCUT2D eigenvalue weighted by molar-refractivity contribution is -0.119. The fraction of sp³-hybridized carbons (Fsp3) is 0.158. The average molecular weight is 374 g/mol. The van der Waals surface area contributed by atoms with E-state index in [1.54, 1.807) is 56.5 Å². The van der Waals surface area contributed by atoms with Crippen molar-refractivity contribution in [3.05, 3.63) is 58.8 Å². The van der Waals surface area contributed by atoms with Crippen LogP contribution in [0.25, 0.3) is 11.0 Å². The van der Waals surface area contributed by atoms with Crippen LogP contribution in [0, 0.1) is 6.92 Å². The number of halogens is 1. The van der Waals surface area contributed by atoms with Gasteiger partial charge in [-0.05, 0) is 37.3 Å². The highest BCUT2D eigenvalue weighted by Gasteiger charge is 2.20. The lowest BCUT2D eigenvalue weighted by Gasteiger charge is -2.07. The number of hydrogen-bond acceptors (Lipinski definition) is 5. The molecular weight excluding hydrogens is 358 g/mol. The zero-order chi connectivity index (χ0) is 18.7. The zero-order valence-corrected chi connectivity index (χ0v) is 14.9. The molecule has 0 saturated carbocycles. The summed E-state index contributed by atoms with van der Waals surface area (Å²) in [5, 5.41) is 3.72. The van der Waals surface area contributed by atoms with E-state index in [-0.39, 0.29) is 5.76 Å². The van der Waals surface area contributed by atoms with Crippen molar-refractivity contribution in [3.8, 4) is 5.75 Å². The fourth-order valence-corrected chi connectivity index (χ4v) is 2.65. The number of ether oxygens (including phenoxy) is 2. The predicted molar refractivity (Wildman–Crippen MR) is 97.9 cm³/mol. The van der Waals surface area contributed by atoms with Crippen molar-refractivity contribution < 1.29 is 23.5 Å². The zero-order valence-electron chi connectivity index (χ0n) is 14.2. The molecule has 134 valence electrons. The summed E-state index contributed by atoms with van der Waals surface area (Å²) in [5.41, 5.74) is 1.61. The first-order chi connectivity index (χ1) is 12.5. The first kappa shape index (κ1) is 17.8. The molecule has 26 heavy (non-hydrogen) atoms. The third-order valence-corrected chi connectivity index (χ3v) is 4.14. The third-order valence-electron chi connectivity index (χ3n) is 3.81. The highest BCUT2D eigenvalue weighted by molar-refractivity contribution is 6.33. The number of rotatable bonds is 5. The smallest absolute Gasteiger partial charge is 0.375 e. The molecule has 1 aromatic heterocycles. The van der Waals surface area contributed by atoms with Gasteiger partial charge in [0.05, 0.1) is 17.8 Å². The van der Waals surface area contributed by atoms with E-state index in [1.807, 2.05) is 0 Å². The van der Waals surface area contributed by atoms with Crippen LogP contribution in [-0.4, -0.2) is 25.6 Å². The van der Waals surface area contributed by atoms with E-state index in [0.717, 1.165) is 5.39 Å². The van der Waals surface area contributed by atoms with E-state index < -0.39 is 18.5 Å². The summed E-state index contributed by atoms with van der Waals surface area (Å²) in [4.78, 5) is 24.2. The van der Waals surface area contributed by atoms with Crippen molar-refractivity contribution in [1.29, 1.82) is 0 Å². The first-order valence-corrected chi connectivity index (χ1v) is 8.16. The maximum atomic E-state index is 12.3. The number of carbonyl (C=O) groups excluding carboxylic acids is 2. The minimum Gasteiger partial charge on any atom is -0.497 e. The van der Waals surface area contributed by atoms with Crippen LogP contribution in [0.1, 0.15) is 16.1 Å². The van der Waals surface area contributed by atoms with Gasteiger partial charge in [0, 0.05) is 10.9 Å². The Hall–Kier alpha value is -2.99. The average Bonchev–Trinajstić information content (AvgIpc) is 2.98. The van der Waals surface area contributed by atoms with Crippen molar-refractivity contribution in [1.82, 2.24) is 0 Å². The summed E-state index contributed by atoms with van der Waals surface area (Å²) >= 11 is 5.97. The van der Waals surface area contributed by atoms with Crippen molar-refractivity contribution >= 4 is 40.1 Å². The third kappa shape index (κ3) is 3.65. The molecule has 0 fully saturated rings. The van der Waals surface area contributed by atoms with Gasteiger partial charge in [-0.15, -0.1) is 0 Å². The van der Waals surface area contributed by atoms with Gasteiger partial charge >= 0.3 is 5.97 Å². The minimum absolute atomic E-state index is 0.0544. The number of nitrogens with one attached hydrogen (secondary N) is 1. The SMILES string of the molecule is COc1ccc2oc(C(=O)OCC(=O)Nc3ccccc3Cl)c(C)c2c1. The van der Waals surface area contributed by atoms with E-state index in [9.17, 15) is 9.59 Å². The van der Waals surface area contributed by atoms with Crippen LogP contribution in [-0.2, 0) is 9.53 Å². The lowest BCUT2D eigenvalue weighted by atomic mass is 10.1. The van der Waals surface area contributed by atoms with Crippen LogP contribution in [0.4, 0.5) is 5.69 Å². The first-order valence-electron chi connectivity index (χ1n) is 7.78. The largest absolute Gasteiger partial charge is 0.497 e. The summed E-state index contributed by atoms with van der Waals surface area (Å²) < 4.78 is 15.8. The molecule has 3 aromatic rings. The van der Waals surface area contributed by atoms with E-state index in [2.05, 4.69) is 5.32 Å². The number of methoxy groups -OCH3 is 1. The number of anilines is 1. The topological polar surface area (TPSA) is 77.8 Å². The Morgan fingerprint density at radius 3 is 2.69 bits per heavy atom. The number of carbonyl (C=O) groups is 2. The highest BCUT2D eigenvalue weighted by Crippen LogP contribution is 2.29. The molecule has 0 unspecified atom stereocenters. The molecule has 2 aromatic carbocycles. The van der Waals surface area contributed by atoms with Gasteiger partial charge in [0.2, 0.25) is 5.76 Å². The van der Waals surface area contributed by atoms with Gasteiger partial charge < -0.3 is 19.2 Å². The second kappa shape index (κ2) is 7.49. The highest BCUT2D eigenvalue weighted by atomic mass is 35.5. The normalized spacial score (nSPS) is 10.6. The number of esters is 1. The van der Waals surface area contributed by atoms with Gasteiger partial charge in [0.15, 0.2) is 6.61 Å². The van der Waals surface area contributed by atoms with Crippen LogP contribution < -0.4 is 10.1 Å². The number of furan rings is 1. The Morgan fingerprint density at radius 1 is 1.19 bits per heavy atom. The molecule has 7 heteroatoms. The van der Waals surface area contributed by atoms with Crippen LogP contribution in [0.5, 0.6) is 5.75 Å². The molecule has 0 bridgehead atoms. The van der Waals surface area contributed by atoms with E-state index in [0.29, 0.717) is 27.6 Å². The van der Waals surface area contributed by atoms with Crippen LogP contribution in [0.15, 0.2) is 46.9 Å². The summed E-state index contributed by atoms with van der Waals surface area (Å²) in [6, 6.07) is 12.0. The van der Waals surface area contributed by atoms with Crippen molar-refractivity contribution in [3.63, 3.8) is 0 Å². The van der Waals surface area contributed by atoms with Crippen LogP contribution in [0.3, 0.4) is 0 Å². The molecule has 1 N–H and O–H groups in total. The fourth-order valence-electron chi connectivity index (χ4n) is 2.47. The lowest BCUT2D eigenvalue weighted by Crippen LogP contribution is -2.21. The molecular formula is C19H16ClNO5. The molecule has 0 aliphatic heterocycles. The number of fused-ring (bicyclic) bond motifs is 1. The Balaban J connectivity index is 1.68. The van der Waals surface area contributed by atoms with Gasteiger partial charge in [-0.25, -0.2) is 4.79 Å². The minimum atomic E-state index is -0.716. The number of hydrogen-bond donors (Lipinski definition) is 1. The van der Waals surface area contributed by atoms with Crippen molar-refractivity contribution in [2.45, 2.75) is 6.92 Å². The molecule has 1 heterocycles. The van der Waals surface area contributed by atoms with Crippen molar-refractivity contribution in [2.24, 2.45) is 0 Å². The molecule has 6 nitrogen and oxygen atoms in total. The Morgan fingerprint density at radius 2 is 1.96 bits per heavy atom. The Bertz CT molecular complexity index is 979. The maximum Gasteiger partial charge on any atom is 0.375 e. The molecule has 0 radical (unpaired) electrons. The van der Waals surface area contributed by atoms with Gasteiger partial charge in [0.25, 0.3) is 5.91 Å². The van der Waals surface area contributed by atoms with Crippen molar-refractivity contribution in [2.75, 3.05) is 19.0 Å². The molecule has 0 saturated heterocycles. The van der Waals surface area contributed by atoms with E-state index >= 15 is 0 Å². The monoisotopic (exact) mass is 373 g/mol. The molecule has 0 aliphatic carbocycles. The van der Waals surface area contributed by atoms with Gasteiger partial charge in [-0.1, -0.05) is 23.7 Å². The maximum absolute atomic E-state index is 12.3. The predicted octanol–water partition coefficient (Wildman–Crippen LogP) is 4.20. The number of para-hydroxylation sites is 1. The van der Waals surface area contributed by atoms with Crippen LogP contribution in [0.2, 0.25) is 5.02 Å². The number of aryl methyl sites for hydroxylation is 1. The molecule has 0 atom stereocenters. The van der Waals surface area contributed by atoms with Gasteiger partial charge in [-0.2, -0.15) is 0 Å². The van der Waals surface area contributed by atoms with E-state index in [1.165, 1.54) is 0 Å². The molecule has 0 aliphatic rings. The van der Waals surface area contributed by atoms with Gasteiger partial charge in [-0.3, -0.25) is 4.79 Å². The molecule has 0 spiro atoms. The standard InChI is InChI=1S/C19H16ClNO5/c1-11-13-9-12(24-2)7-8-16(13)26-18(11)19(23)25-10-17(22)21-15-6-4-3-5-14(15)20/h3-9H,10H2,1-2H3,(H,21,22). The number of benzene rings is 2. The molecule has 1 amide bonds. The second-order valence-corrected chi connectivity index (χ2v) is 5.93. The summed E-state index contributed by atoms with van der Waals surface area (Å²) in [6.45, 7) is 1.29.